The average Bonchev–Trinajstić information content (AvgIpc) is 3.65. The zero-order chi connectivity index (χ0) is 56.5. The summed E-state index contributed by atoms with van der Waals surface area (Å²) in [6, 6.07) is 22.8. The molecule has 0 saturated carbocycles. The number of nitrogens with zero attached hydrogens (tertiary/aromatic N) is 2. The first kappa shape index (κ1) is 60.0. The van der Waals surface area contributed by atoms with Crippen molar-refractivity contribution in [2.24, 2.45) is 0 Å². The van der Waals surface area contributed by atoms with Gasteiger partial charge >= 0.3 is 17.9 Å². The second-order valence-electron chi connectivity index (χ2n) is 21.9. The summed E-state index contributed by atoms with van der Waals surface area (Å²) in [5, 5.41) is 10.0. The van der Waals surface area contributed by atoms with Gasteiger partial charge in [-0.25, -0.2) is 4.98 Å². The molecule has 5 rings (SSSR count). The maximum atomic E-state index is 14.0. The number of unbranched alkanes of at least 4 members (excludes halogenated alkanes) is 3. The monoisotopic (exact) mass is 1060 g/mol. The molecule has 0 radical (unpaired) electrons. The van der Waals surface area contributed by atoms with Crippen LogP contribution in [0.4, 0.5) is 0 Å². The van der Waals surface area contributed by atoms with Crippen molar-refractivity contribution < 1.29 is 52.5 Å². The summed E-state index contributed by atoms with van der Waals surface area (Å²) >= 11 is 0. The normalized spacial score (nSPS) is 12.9. The molecule has 3 aromatic carbocycles. The number of esters is 3. The first-order chi connectivity index (χ1) is 36.2. The number of aromatic nitrogens is 3. The highest BCUT2D eigenvalue weighted by molar-refractivity contribution is 5.97. The molecule has 5 N–H and O–H groups in total. The Morgan fingerprint density at radius 1 is 0.597 bits per heavy atom. The van der Waals surface area contributed by atoms with Crippen LogP contribution < -0.4 is 31.6 Å². The Labute approximate surface area is 450 Å². The van der Waals surface area contributed by atoms with E-state index in [1.54, 1.807) is 73.1 Å². The Hall–Kier alpha value is -7.83. The number of hydrogen-bond donors (Lipinski definition) is 5. The van der Waals surface area contributed by atoms with E-state index in [4.69, 9.17) is 23.9 Å². The summed E-state index contributed by atoms with van der Waals surface area (Å²) < 4.78 is 23.9. The quantitative estimate of drug-likeness (QED) is 0.0236. The number of nitrogens with one attached hydrogen (secondary N) is 5. The van der Waals surface area contributed by atoms with E-state index < -0.39 is 95.7 Å². The molecule has 4 amide bonds. The summed E-state index contributed by atoms with van der Waals surface area (Å²) in [5.41, 5.74) is 1.96. The number of aromatic amines is 1. The van der Waals surface area contributed by atoms with Gasteiger partial charge in [-0.15, -0.1) is 0 Å². The molecule has 0 aromatic heterocycles. The fourth-order valence-corrected chi connectivity index (χ4v) is 8.09. The topological polar surface area (TPSA) is 255 Å². The highest BCUT2D eigenvalue weighted by Gasteiger charge is 2.35. The first-order valence-corrected chi connectivity index (χ1v) is 26.0. The maximum Gasteiger partial charge on any atom is 0.308 e. The van der Waals surface area contributed by atoms with Crippen LogP contribution in [0.1, 0.15) is 137 Å². The van der Waals surface area contributed by atoms with E-state index >= 15 is 0 Å². The number of fused-ring (bicyclic) bond motifs is 1. The Kier molecular flexibility index (Phi) is 21.3. The molecule has 2 aliphatic heterocycles. The van der Waals surface area contributed by atoms with Crippen LogP contribution in [0.3, 0.4) is 0 Å². The fourth-order valence-electron chi connectivity index (χ4n) is 8.09. The predicted octanol–water partition coefficient (Wildman–Crippen LogP) is 6.57. The van der Waals surface area contributed by atoms with Crippen molar-refractivity contribution in [1.82, 2.24) is 35.8 Å². The molecule has 2 heterocycles. The van der Waals surface area contributed by atoms with Crippen LogP contribution in [0.25, 0.3) is 17.1 Å². The van der Waals surface area contributed by atoms with Gasteiger partial charge in [-0.05, 0) is 104 Å². The van der Waals surface area contributed by atoms with Crippen LogP contribution in [0.15, 0.2) is 95.9 Å². The third-order valence-corrected chi connectivity index (χ3v) is 11.3. The summed E-state index contributed by atoms with van der Waals surface area (Å²) in [6.07, 6.45) is 3.47. The average molecular weight is 1060 g/mol. The van der Waals surface area contributed by atoms with E-state index in [9.17, 15) is 38.4 Å². The van der Waals surface area contributed by atoms with Crippen LogP contribution in [0.2, 0.25) is 0 Å². The molecule has 3 atom stereocenters. The van der Waals surface area contributed by atoms with Gasteiger partial charge in [-0.3, -0.25) is 42.9 Å². The van der Waals surface area contributed by atoms with Crippen LogP contribution >= 0.6 is 0 Å². The van der Waals surface area contributed by atoms with E-state index in [1.165, 1.54) is 0 Å². The van der Waals surface area contributed by atoms with E-state index in [1.807, 2.05) is 84.9 Å². The molecule has 0 aliphatic carbocycles. The van der Waals surface area contributed by atoms with Gasteiger partial charge in [0.1, 0.15) is 46.4 Å². The van der Waals surface area contributed by atoms with Gasteiger partial charge in [0.25, 0.3) is 5.56 Å². The molecule has 414 valence electrons. The standard InChI is InChI=1S/C58H75N7O12/c1-37(66)60-44(34-49(68)76-57(5,6)7)53(71)64-45(35-50(69)77-58(8,9)10)54(72)63-43(33-48(67)75-56(2,3)4)52(70)59-28-19-11-12-20-29-74-41-27-21-24-39(30-41)32-46-55(73)65-36-47(40-25-17-14-18-26-40)61-42(51(65)62-46)31-38-22-15-13-16-23-38/h13-18,21-27,30,36,43-45,61H,11-12,19-20,28-29,31-35H2,1-10H3,(H,59,70)(H,60,66)(H,63,72)(H,64,71)/t43-,44-,45-/m0/s1. The molecule has 19 heteroatoms. The predicted molar refractivity (Wildman–Crippen MR) is 289 cm³/mol. The summed E-state index contributed by atoms with van der Waals surface area (Å²) in [5.74, 6) is -4.65. The zero-order valence-corrected chi connectivity index (χ0v) is 46.0. The Morgan fingerprint density at radius 2 is 1.10 bits per heavy atom. The zero-order valence-electron chi connectivity index (χ0n) is 46.0. The van der Waals surface area contributed by atoms with Crippen molar-refractivity contribution in [3.05, 3.63) is 124 Å². The van der Waals surface area contributed by atoms with Gasteiger partial charge < -0.3 is 45.2 Å². The smallest absolute Gasteiger partial charge is 0.308 e. The third kappa shape index (κ3) is 20.7. The lowest BCUT2D eigenvalue weighted by Crippen LogP contribution is -2.58. The lowest BCUT2D eigenvalue weighted by molar-refractivity contribution is -0.159. The second-order valence-corrected chi connectivity index (χ2v) is 21.9. The van der Waals surface area contributed by atoms with Crippen molar-refractivity contribution >= 4 is 41.5 Å². The van der Waals surface area contributed by atoms with E-state index in [0.29, 0.717) is 56.0 Å². The van der Waals surface area contributed by atoms with Crippen molar-refractivity contribution in [1.29, 1.82) is 0 Å². The number of rotatable bonds is 25. The molecule has 0 saturated heterocycles. The minimum atomic E-state index is -1.68. The molecule has 0 spiro atoms. The molecule has 0 unspecified atom stereocenters. The highest BCUT2D eigenvalue weighted by atomic mass is 16.6. The van der Waals surface area contributed by atoms with Crippen LogP contribution in [-0.2, 0) is 60.6 Å². The Balaban J connectivity index is 1.17. The molecule has 19 nitrogen and oxygen atoms in total. The Morgan fingerprint density at radius 3 is 1.65 bits per heavy atom. The van der Waals surface area contributed by atoms with Gasteiger partial charge in [0.05, 0.1) is 37.3 Å². The number of carbonyl (C=O) groups is 7. The lowest BCUT2D eigenvalue weighted by atomic mass is 10.1. The van der Waals surface area contributed by atoms with Gasteiger partial charge in [0, 0.05) is 32.5 Å². The molecule has 0 bridgehead atoms. The number of hydrogen-bond acceptors (Lipinski definition) is 13. The number of H-pyrrole nitrogens is 1. The maximum absolute atomic E-state index is 14.0. The second kappa shape index (κ2) is 27.3. The van der Waals surface area contributed by atoms with E-state index in [0.717, 1.165) is 41.4 Å². The first-order valence-electron chi connectivity index (χ1n) is 26.0. The minimum Gasteiger partial charge on any atom is -0.494 e. The van der Waals surface area contributed by atoms with Gasteiger partial charge in [0.2, 0.25) is 23.6 Å². The van der Waals surface area contributed by atoms with Gasteiger partial charge in [0.15, 0.2) is 5.82 Å². The largest absolute Gasteiger partial charge is 0.494 e. The van der Waals surface area contributed by atoms with Crippen molar-refractivity contribution in [2.45, 2.75) is 162 Å². The number of carbonyl (C=O) groups excluding carboxylic acids is 7. The highest BCUT2D eigenvalue weighted by Crippen LogP contribution is 2.25. The van der Waals surface area contributed by atoms with E-state index in [-0.39, 0.29) is 12.1 Å². The number of ether oxygens (including phenoxy) is 4. The van der Waals surface area contributed by atoms with Crippen molar-refractivity contribution in [2.75, 3.05) is 13.2 Å². The molecule has 3 aromatic rings. The summed E-state index contributed by atoms with van der Waals surface area (Å²) in [6.45, 7) is 16.4. The number of benzene rings is 3. The van der Waals surface area contributed by atoms with Crippen LogP contribution in [0.5, 0.6) is 5.75 Å². The summed E-state index contributed by atoms with van der Waals surface area (Å²) in [7, 11) is 0. The van der Waals surface area contributed by atoms with Crippen molar-refractivity contribution in [3.63, 3.8) is 0 Å². The minimum absolute atomic E-state index is 0.188. The Bertz CT molecular complexity index is 2840. The van der Waals surface area contributed by atoms with Gasteiger partial charge in [-0.1, -0.05) is 85.6 Å². The molecule has 77 heavy (non-hydrogen) atoms. The molecule has 0 fully saturated rings. The third-order valence-electron chi connectivity index (χ3n) is 11.3. The molecule has 2 aliphatic rings. The SMILES string of the molecule is CC(=O)N[C@@H](CC(=O)OC(C)(C)C)C(=O)N[C@@H](CC(=O)OC(C)(C)C)C(=O)N[C@@H](CC(=O)OC(C)(C)C)C(=O)NCCCCCCOc1cccc(Cc2nc3c(Cc4ccccc4)[nH]c(-c4ccccc4)cn-3c2=O)c1. The molecular formula is C58H75N7O12. The fraction of sp³-hybridized carbons (Fsp3) is 0.466. The van der Waals surface area contributed by atoms with Crippen LogP contribution in [-0.4, -0.2) is 104 Å². The van der Waals surface area contributed by atoms with E-state index in [2.05, 4.69) is 26.3 Å². The van der Waals surface area contributed by atoms with Crippen LogP contribution in [0, 0.1) is 0 Å². The molecular weight excluding hydrogens is 987 g/mol. The van der Waals surface area contributed by atoms with Crippen molar-refractivity contribution in [3.8, 4) is 22.8 Å². The number of amides is 4. The van der Waals surface area contributed by atoms with Gasteiger partial charge in [-0.2, -0.15) is 0 Å². The number of imidazole rings is 1. The summed E-state index contributed by atoms with van der Waals surface area (Å²) in [4.78, 5) is 115. The lowest BCUT2D eigenvalue weighted by Gasteiger charge is -2.27.